The molecule has 148 valence electrons. The number of carbonyl (C=O) groups excluding carboxylic acids is 2. The number of thiophene rings is 1. The standard InChI is InChI=1S/C22H14ClN3O3S/c1-12-11-14(29-13-5-3-2-4-6-13)7-8-16(12)26-18-17-15(25-22(26)28)9-10-24-21(17)30-19(18)20(23)27/h2-11H,1H3,(H,25,28). The summed E-state index contributed by atoms with van der Waals surface area (Å²) in [4.78, 5) is 31.9. The monoisotopic (exact) mass is 435 g/mol. The molecule has 0 spiro atoms. The lowest BCUT2D eigenvalue weighted by molar-refractivity contribution is 0.108. The molecule has 30 heavy (non-hydrogen) atoms. The topological polar surface area (TPSA) is 71.5 Å². The number of carbonyl (C=O) groups is 2. The van der Waals surface area contributed by atoms with Gasteiger partial charge in [0.15, 0.2) is 0 Å². The van der Waals surface area contributed by atoms with Crippen LogP contribution in [0.1, 0.15) is 15.2 Å². The zero-order valence-electron chi connectivity index (χ0n) is 15.7. The first-order valence-electron chi connectivity index (χ1n) is 9.09. The van der Waals surface area contributed by atoms with Crippen LogP contribution in [0.2, 0.25) is 0 Å². The quantitative estimate of drug-likeness (QED) is 0.373. The maximum absolute atomic E-state index is 13.0. The van der Waals surface area contributed by atoms with Gasteiger partial charge in [0.1, 0.15) is 21.2 Å². The molecule has 0 unspecified atom stereocenters. The summed E-state index contributed by atoms with van der Waals surface area (Å²) < 4.78 is 5.89. The molecule has 2 amide bonds. The molecule has 0 aliphatic carbocycles. The van der Waals surface area contributed by atoms with E-state index in [2.05, 4.69) is 10.3 Å². The number of aromatic nitrogens is 1. The SMILES string of the molecule is Cc1cc(Oc2ccccc2)ccc1N1C(=O)Nc2ccnc3sc(C(=O)Cl)c1c23. The number of nitrogens with one attached hydrogen (secondary N) is 1. The summed E-state index contributed by atoms with van der Waals surface area (Å²) in [5.41, 5.74) is 2.50. The lowest BCUT2D eigenvalue weighted by Gasteiger charge is -2.29. The van der Waals surface area contributed by atoms with Gasteiger partial charge in [0, 0.05) is 6.20 Å². The van der Waals surface area contributed by atoms with Crippen molar-refractivity contribution in [2.75, 3.05) is 10.2 Å². The van der Waals surface area contributed by atoms with Gasteiger partial charge >= 0.3 is 6.03 Å². The number of hydrogen-bond donors (Lipinski definition) is 1. The van der Waals surface area contributed by atoms with Crippen LogP contribution in [0.15, 0.2) is 60.8 Å². The average Bonchev–Trinajstić information content (AvgIpc) is 3.11. The van der Waals surface area contributed by atoms with Crippen molar-refractivity contribution in [3.05, 3.63) is 71.2 Å². The summed E-state index contributed by atoms with van der Waals surface area (Å²) in [6, 6.07) is 16.2. The number of para-hydroxylation sites is 1. The molecule has 6 nitrogen and oxygen atoms in total. The van der Waals surface area contributed by atoms with Crippen molar-refractivity contribution in [2.45, 2.75) is 6.92 Å². The molecule has 0 saturated carbocycles. The Bertz CT molecular complexity index is 1320. The van der Waals surface area contributed by atoms with Crippen LogP contribution in [-0.4, -0.2) is 16.3 Å². The van der Waals surface area contributed by atoms with Gasteiger partial charge in [-0.1, -0.05) is 18.2 Å². The number of anilines is 3. The lowest BCUT2D eigenvalue weighted by atomic mass is 10.1. The van der Waals surface area contributed by atoms with Crippen LogP contribution in [0.4, 0.5) is 21.9 Å². The molecule has 2 aromatic carbocycles. The maximum Gasteiger partial charge on any atom is 0.331 e. The van der Waals surface area contributed by atoms with Crippen molar-refractivity contribution >= 4 is 61.5 Å². The van der Waals surface area contributed by atoms with Crippen LogP contribution < -0.4 is 15.0 Å². The van der Waals surface area contributed by atoms with Crippen molar-refractivity contribution in [2.24, 2.45) is 0 Å². The molecular formula is C22H14ClN3O3S. The Kier molecular flexibility index (Phi) is 4.42. The molecule has 3 heterocycles. The van der Waals surface area contributed by atoms with E-state index in [9.17, 15) is 9.59 Å². The van der Waals surface area contributed by atoms with Gasteiger partial charge in [0.25, 0.3) is 5.24 Å². The highest BCUT2D eigenvalue weighted by Crippen LogP contribution is 2.48. The molecule has 0 saturated heterocycles. The smallest absolute Gasteiger partial charge is 0.331 e. The van der Waals surface area contributed by atoms with Gasteiger partial charge in [-0.15, -0.1) is 11.3 Å². The van der Waals surface area contributed by atoms with E-state index >= 15 is 0 Å². The summed E-state index contributed by atoms with van der Waals surface area (Å²) in [7, 11) is 0. The van der Waals surface area contributed by atoms with Crippen LogP contribution in [0.3, 0.4) is 0 Å². The molecule has 0 bridgehead atoms. The highest BCUT2D eigenvalue weighted by Gasteiger charge is 2.34. The summed E-state index contributed by atoms with van der Waals surface area (Å²) in [6.45, 7) is 1.88. The number of amides is 2. The molecule has 8 heteroatoms. The van der Waals surface area contributed by atoms with Crippen LogP contribution in [0.5, 0.6) is 11.5 Å². The lowest BCUT2D eigenvalue weighted by Crippen LogP contribution is -2.34. The second-order valence-corrected chi connectivity index (χ2v) is 8.06. The first kappa shape index (κ1) is 18.6. The van der Waals surface area contributed by atoms with Crippen molar-refractivity contribution in [1.82, 2.24) is 4.98 Å². The Morgan fingerprint density at radius 2 is 1.93 bits per heavy atom. The number of hydrogen-bond acceptors (Lipinski definition) is 5. The molecule has 0 radical (unpaired) electrons. The Hall–Kier alpha value is -3.42. The number of ether oxygens (including phenoxy) is 1. The fraction of sp³-hybridized carbons (Fsp3) is 0.0455. The first-order valence-corrected chi connectivity index (χ1v) is 10.3. The third kappa shape index (κ3) is 2.99. The number of benzene rings is 2. The van der Waals surface area contributed by atoms with Gasteiger partial charge in [-0.2, -0.15) is 0 Å². The van der Waals surface area contributed by atoms with Gasteiger partial charge in [0.2, 0.25) is 0 Å². The van der Waals surface area contributed by atoms with Crippen molar-refractivity contribution in [1.29, 1.82) is 0 Å². The minimum atomic E-state index is -0.625. The molecule has 1 aliphatic rings. The summed E-state index contributed by atoms with van der Waals surface area (Å²) >= 11 is 7.03. The van der Waals surface area contributed by atoms with Crippen LogP contribution in [0.25, 0.3) is 10.2 Å². The molecule has 4 aromatic rings. The van der Waals surface area contributed by atoms with Crippen molar-refractivity contribution < 1.29 is 14.3 Å². The van der Waals surface area contributed by atoms with E-state index in [0.29, 0.717) is 33.0 Å². The van der Waals surface area contributed by atoms with E-state index in [-0.39, 0.29) is 10.9 Å². The summed E-state index contributed by atoms with van der Waals surface area (Å²) in [5, 5.41) is 2.95. The van der Waals surface area contributed by atoms with Gasteiger partial charge in [-0.3, -0.25) is 9.69 Å². The van der Waals surface area contributed by atoms with Crippen molar-refractivity contribution in [3.63, 3.8) is 0 Å². The highest BCUT2D eigenvalue weighted by molar-refractivity contribution is 7.22. The van der Waals surface area contributed by atoms with E-state index in [1.54, 1.807) is 24.4 Å². The number of pyridine rings is 1. The summed E-state index contributed by atoms with van der Waals surface area (Å²) in [5.74, 6) is 1.36. The van der Waals surface area contributed by atoms with E-state index in [4.69, 9.17) is 16.3 Å². The largest absolute Gasteiger partial charge is 0.457 e. The fourth-order valence-corrected chi connectivity index (χ4v) is 4.72. The number of nitrogens with zero attached hydrogens (tertiary/aromatic N) is 2. The van der Waals surface area contributed by atoms with Gasteiger partial charge in [-0.05, 0) is 60.5 Å². The van der Waals surface area contributed by atoms with Crippen LogP contribution >= 0.6 is 22.9 Å². The van der Waals surface area contributed by atoms with E-state index < -0.39 is 5.24 Å². The first-order chi connectivity index (χ1) is 14.5. The predicted molar refractivity (Wildman–Crippen MR) is 119 cm³/mol. The minimum absolute atomic E-state index is 0.283. The van der Waals surface area contributed by atoms with Crippen LogP contribution in [0, 0.1) is 6.92 Å². The molecule has 2 aromatic heterocycles. The summed E-state index contributed by atoms with van der Waals surface area (Å²) in [6.07, 6.45) is 1.59. The number of aryl methyl sites for hydroxylation is 1. The normalized spacial score (nSPS) is 12.7. The third-order valence-electron chi connectivity index (χ3n) is 4.80. The zero-order chi connectivity index (χ0) is 20.8. The Balaban J connectivity index is 1.62. The van der Waals surface area contributed by atoms with E-state index in [1.807, 2.05) is 43.3 Å². The number of halogens is 1. The number of rotatable bonds is 4. The minimum Gasteiger partial charge on any atom is -0.457 e. The average molecular weight is 436 g/mol. The van der Waals surface area contributed by atoms with E-state index in [0.717, 1.165) is 11.3 Å². The second kappa shape index (κ2) is 7.12. The van der Waals surface area contributed by atoms with E-state index in [1.165, 1.54) is 16.2 Å². The molecule has 0 atom stereocenters. The van der Waals surface area contributed by atoms with Gasteiger partial charge in [0.05, 0.1) is 22.4 Å². The molecule has 1 aliphatic heterocycles. The molecule has 0 fully saturated rings. The van der Waals surface area contributed by atoms with Gasteiger partial charge < -0.3 is 10.1 Å². The maximum atomic E-state index is 13.0. The Labute approximate surface area is 180 Å². The van der Waals surface area contributed by atoms with Gasteiger partial charge in [-0.25, -0.2) is 9.78 Å². The molecule has 1 N–H and O–H groups in total. The fourth-order valence-electron chi connectivity index (χ4n) is 3.53. The molecule has 5 rings (SSSR count). The zero-order valence-corrected chi connectivity index (χ0v) is 17.3. The second-order valence-electron chi connectivity index (χ2n) is 6.72. The van der Waals surface area contributed by atoms with Crippen LogP contribution in [-0.2, 0) is 0 Å². The highest BCUT2D eigenvalue weighted by atomic mass is 35.5. The Morgan fingerprint density at radius 1 is 1.13 bits per heavy atom. The predicted octanol–water partition coefficient (Wildman–Crippen LogP) is 6.46. The molecular weight excluding hydrogens is 422 g/mol. The third-order valence-corrected chi connectivity index (χ3v) is 6.19. The number of urea groups is 1. The van der Waals surface area contributed by atoms with Crippen molar-refractivity contribution in [3.8, 4) is 11.5 Å². The Morgan fingerprint density at radius 3 is 2.67 bits per heavy atom.